The van der Waals surface area contributed by atoms with Crippen LogP contribution in [-0.4, -0.2) is 75.6 Å². The molecule has 0 aliphatic heterocycles. The Bertz CT molecular complexity index is 1240. The average molecular weight is 949 g/mol. The van der Waals surface area contributed by atoms with Crippen LogP contribution in [0.4, 0.5) is 0 Å². The van der Waals surface area contributed by atoms with E-state index in [1.54, 1.807) is 0 Å². The number of allylic oxidation sites excluding steroid dienone is 10. The monoisotopic (exact) mass is 949 g/mol. The number of hydrogen-bond acceptors (Lipinski definition) is 6. The van der Waals surface area contributed by atoms with Crippen molar-refractivity contribution in [2.75, 3.05) is 54.1 Å². The minimum absolute atomic E-state index is 0.0822. The van der Waals surface area contributed by atoms with E-state index >= 15 is 0 Å². The molecule has 0 saturated heterocycles. The molecule has 0 rings (SSSR count). The van der Waals surface area contributed by atoms with Crippen LogP contribution in [0.25, 0.3) is 0 Å². The summed E-state index contributed by atoms with van der Waals surface area (Å²) >= 11 is 0. The summed E-state index contributed by atoms with van der Waals surface area (Å²) < 4.78 is 35.2. The van der Waals surface area contributed by atoms with Gasteiger partial charge in [-0.1, -0.05) is 235 Å². The Hall–Kier alpha value is -1.80. The largest absolute Gasteiger partial charge is 0.472 e. The SMILES string of the molecule is CC/C=C\C/C=C\C/C=C\C/C=C\C/C=C\CCCCCCOCC(COP(=O)(O)OCC[N+](C)(C)C)OC(=O)CCCCCCCCCCCCCCCCCCCCCCCCCC. The number of rotatable bonds is 51. The zero-order valence-corrected chi connectivity index (χ0v) is 44.8. The van der Waals surface area contributed by atoms with Crippen molar-refractivity contribution in [2.24, 2.45) is 0 Å². The van der Waals surface area contributed by atoms with Crippen LogP contribution >= 0.6 is 7.82 Å². The maximum atomic E-state index is 12.8. The number of quaternary nitrogens is 1. The van der Waals surface area contributed by atoms with Gasteiger partial charge in [0.15, 0.2) is 0 Å². The summed E-state index contributed by atoms with van der Waals surface area (Å²) in [6, 6.07) is 0. The standard InChI is InChI=1S/C57H106NO7P/c1-6-8-10-12-14-16-18-20-22-24-26-28-29-30-31-32-34-36-38-40-42-44-46-48-50-57(59)65-56(55-64-66(60,61)63-53-51-58(3,4)5)54-62-52-49-47-45-43-41-39-37-35-33-27-25-23-21-19-17-15-13-11-9-7-2/h9,11,15,17,21,23,27,33,37,39,56H,6-8,10,12-14,16,18-20,22,24-26,28-32,34-36,38,40-55H2,1-5H3/p+1/b11-9-,17-15-,23-21-,33-27-,39-37-. The van der Waals surface area contributed by atoms with Gasteiger partial charge in [-0.15, -0.1) is 0 Å². The second-order valence-corrected chi connectivity index (χ2v) is 21.0. The molecule has 0 aliphatic carbocycles. The Kier molecular flexibility index (Phi) is 48.3. The fraction of sp³-hybridized carbons (Fsp3) is 0.807. The number of ether oxygens (including phenoxy) is 2. The quantitative estimate of drug-likeness (QED) is 0.0213. The molecule has 8 nitrogen and oxygen atoms in total. The number of phosphoric acid groups is 1. The Labute approximate surface area is 409 Å². The van der Waals surface area contributed by atoms with E-state index in [1.807, 2.05) is 21.1 Å². The molecule has 0 bridgehead atoms. The molecule has 66 heavy (non-hydrogen) atoms. The van der Waals surface area contributed by atoms with Gasteiger partial charge in [-0.05, 0) is 57.8 Å². The number of phosphoric ester groups is 1. The van der Waals surface area contributed by atoms with E-state index in [4.69, 9.17) is 18.5 Å². The number of carbonyl (C=O) groups excluding carboxylic acids is 1. The molecule has 0 aromatic carbocycles. The van der Waals surface area contributed by atoms with Crippen LogP contribution in [0, 0.1) is 0 Å². The van der Waals surface area contributed by atoms with Gasteiger partial charge in [0, 0.05) is 13.0 Å². The number of hydrogen-bond donors (Lipinski definition) is 1. The molecular weight excluding hydrogens is 842 g/mol. The molecule has 0 saturated carbocycles. The van der Waals surface area contributed by atoms with Gasteiger partial charge in [0.2, 0.25) is 0 Å². The highest BCUT2D eigenvalue weighted by atomic mass is 31.2. The van der Waals surface area contributed by atoms with Gasteiger partial charge >= 0.3 is 13.8 Å². The zero-order chi connectivity index (χ0) is 48.3. The van der Waals surface area contributed by atoms with Gasteiger partial charge in [-0.3, -0.25) is 13.8 Å². The van der Waals surface area contributed by atoms with Crippen LogP contribution < -0.4 is 0 Å². The van der Waals surface area contributed by atoms with E-state index in [-0.39, 0.29) is 25.8 Å². The van der Waals surface area contributed by atoms with Gasteiger partial charge in [0.05, 0.1) is 34.4 Å². The number of nitrogens with zero attached hydrogens (tertiary/aromatic N) is 1. The number of unbranched alkanes of at least 4 members (excludes halogenated alkanes) is 27. The summed E-state index contributed by atoms with van der Waals surface area (Å²) in [5.74, 6) is -0.320. The first-order chi connectivity index (χ1) is 32.1. The Morgan fingerprint density at radius 1 is 0.485 bits per heavy atom. The van der Waals surface area contributed by atoms with Crippen molar-refractivity contribution in [3.05, 3.63) is 60.8 Å². The summed E-state index contributed by atoms with van der Waals surface area (Å²) in [7, 11) is 1.65. The molecule has 0 spiro atoms. The highest BCUT2D eigenvalue weighted by molar-refractivity contribution is 7.47. The third kappa shape index (κ3) is 53.2. The maximum absolute atomic E-state index is 12.8. The molecular formula is C57H107NO7P+. The first kappa shape index (κ1) is 64.2. The van der Waals surface area contributed by atoms with Gasteiger partial charge < -0.3 is 18.9 Å². The van der Waals surface area contributed by atoms with E-state index in [2.05, 4.69) is 74.6 Å². The second kappa shape index (κ2) is 49.6. The van der Waals surface area contributed by atoms with Crippen molar-refractivity contribution >= 4 is 13.8 Å². The number of esters is 1. The van der Waals surface area contributed by atoms with Crippen molar-refractivity contribution in [3.8, 4) is 0 Å². The summed E-state index contributed by atoms with van der Waals surface area (Å²) in [4.78, 5) is 23.1. The number of likely N-dealkylation sites (N-methyl/N-ethyl adjacent to an activating group) is 1. The van der Waals surface area contributed by atoms with E-state index in [1.165, 1.54) is 135 Å². The fourth-order valence-electron chi connectivity index (χ4n) is 7.64. The van der Waals surface area contributed by atoms with Crippen molar-refractivity contribution in [2.45, 2.75) is 245 Å². The lowest BCUT2D eigenvalue weighted by Crippen LogP contribution is -2.37. The molecule has 386 valence electrons. The predicted molar refractivity (Wildman–Crippen MR) is 284 cm³/mol. The topological polar surface area (TPSA) is 91.3 Å². The lowest BCUT2D eigenvalue weighted by molar-refractivity contribution is -0.870. The lowest BCUT2D eigenvalue weighted by Gasteiger charge is -2.24. The van der Waals surface area contributed by atoms with E-state index in [9.17, 15) is 14.3 Å². The minimum atomic E-state index is -4.29. The normalized spacial score (nSPS) is 14.0. The molecule has 2 unspecified atom stereocenters. The average Bonchev–Trinajstić information content (AvgIpc) is 3.28. The van der Waals surface area contributed by atoms with Crippen LogP contribution in [0.15, 0.2) is 60.8 Å². The zero-order valence-electron chi connectivity index (χ0n) is 43.9. The number of carbonyl (C=O) groups is 1. The van der Waals surface area contributed by atoms with E-state index in [0.29, 0.717) is 24.1 Å². The molecule has 9 heteroatoms. The predicted octanol–water partition coefficient (Wildman–Crippen LogP) is 17.2. The Morgan fingerprint density at radius 3 is 1.32 bits per heavy atom. The van der Waals surface area contributed by atoms with E-state index in [0.717, 1.165) is 83.5 Å². The van der Waals surface area contributed by atoms with Crippen LogP contribution in [0.3, 0.4) is 0 Å². The minimum Gasteiger partial charge on any atom is -0.457 e. The highest BCUT2D eigenvalue weighted by Gasteiger charge is 2.26. The molecule has 0 aliphatic rings. The van der Waals surface area contributed by atoms with Crippen LogP contribution in [0.5, 0.6) is 0 Å². The Balaban J connectivity index is 4.12. The van der Waals surface area contributed by atoms with Gasteiger partial charge in [-0.2, -0.15) is 0 Å². The molecule has 0 aromatic rings. The molecule has 0 aromatic heterocycles. The fourth-order valence-corrected chi connectivity index (χ4v) is 8.38. The van der Waals surface area contributed by atoms with Crippen molar-refractivity contribution in [1.29, 1.82) is 0 Å². The molecule has 0 amide bonds. The highest BCUT2D eigenvalue weighted by Crippen LogP contribution is 2.43. The van der Waals surface area contributed by atoms with Gasteiger partial charge in [0.25, 0.3) is 0 Å². The first-order valence-electron chi connectivity index (χ1n) is 27.5. The smallest absolute Gasteiger partial charge is 0.457 e. The maximum Gasteiger partial charge on any atom is 0.472 e. The summed E-state index contributed by atoms with van der Waals surface area (Å²) in [6.07, 6.45) is 64.3. The molecule has 2 atom stereocenters. The van der Waals surface area contributed by atoms with Crippen molar-refractivity contribution < 1.29 is 37.3 Å². The summed E-state index contributed by atoms with van der Waals surface area (Å²) in [5.41, 5.74) is 0. The van der Waals surface area contributed by atoms with Crippen LogP contribution in [0.1, 0.15) is 239 Å². The first-order valence-corrected chi connectivity index (χ1v) is 29.0. The van der Waals surface area contributed by atoms with Gasteiger partial charge in [-0.25, -0.2) is 4.57 Å². The molecule has 0 fully saturated rings. The van der Waals surface area contributed by atoms with E-state index < -0.39 is 13.9 Å². The molecule has 1 N–H and O–H groups in total. The lowest BCUT2D eigenvalue weighted by atomic mass is 10.0. The van der Waals surface area contributed by atoms with Gasteiger partial charge in [0.1, 0.15) is 19.3 Å². The molecule has 0 heterocycles. The van der Waals surface area contributed by atoms with Crippen LogP contribution in [-0.2, 0) is 27.9 Å². The van der Waals surface area contributed by atoms with Crippen molar-refractivity contribution in [1.82, 2.24) is 0 Å². The Morgan fingerprint density at radius 2 is 0.879 bits per heavy atom. The van der Waals surface area contributed by atoms with Crippen LogP contribution in [0.2, 0.25) is 0 Å². The summed E-state index contributed by atoms with van der Waals surface area (Å²) in [5, 5.41) is 0. The third-order valence-corrected chi connectivity index (χ3v) is 12.8. The summed E-state index contributed by atoms with van der Waals surface area (Å²) in [6.45, 7) is 5.48. The second-order valence-electron chi connectivity index (χ2n) is 19.6. The third-order valence-electron chi connectivity index (χ3n) is 11.8. The van der Waals surface area contributed by atoms with Crippen molar-refractivity contribution in [3.63, 3.8) is 0 Å². The molecule has 0 radical (unpaired) electrons.